The van der Waals surface area contributed by atoms with Crippen molar-refractivity contribution in [1.82, 2.24) is 0 Å². The molecule has 0 amide bonds. The summed E-state index contributed by atoms with van der Waals surface area (Å²) >= 11 is 4.28. The van der Waals surface area contributed by atoms with E-state index in [1.807, 2.05) is 18.2 Å². The van der Waals surface area contributed by atoms with Crippen molar-refractivity contribution >= 4 is 18.3 Å². The van der Waals surface area contributed by atoms with Crippen molar-refractivity contribution in [1.29, 1.82) is 0 Å². The molecular formula is C11H15NO2S. The average Bonchev–Trinajstić information content (AvgIpc) is 2.17. The highest BCUT2D eigenvalue weighted by Crippen LogP contribution is 2.32. The molecule has 0 saturated carbocycles. The van der Waals surface area contributed by atoms with E-state index >= 15 is 0 Å². The Bertz CT molecular complexity index is 358. The van der Waals surface area contributed by atoms with Gasteiger partial charge in [-0.3, -0.25) is 0 Å². The average molecular weight is 225 g/mol. The van der Waals surface area contributed by atoms with Gasteiger partial charge in [0.1, 0.15) is 0 Å². The summed E-state index contributed by atoms with van der Waals surface area (Å²) in [6, 6.07) is 5.78. The second-order valence-corrected chi connectivity index (χ2v) is 4.70. The molecule has 0 atom stereocenters. The number of anilines is 1. The summed E-state index contributed by atoms with van der Waals surface area (Å²) in [6.07, 6.45) is 0.817. The van der Waals surface area contributed by atoms with Gasteiger partial charge in [-0.15, -0.1) is 12.6 Å². The largest absolute Gasteiger partial charge is 0.398 e. The fraction of sp³-hybridized carbons (Fsp3) is 0.455. The van der Waals surface area contributed by atoms with Gasteiger partial charge in [-0.2, -0.15) is 0 Å². The van der Waals surface area contributed by atoms with E-state index < -0.39 is 0 Å². The molecule has 15 heavy (non-hydrogen) atoms. The Morgan fingerprint density at radius 2 is 2.20 bits per heavy atom. The van der Waals surface area contributed by atoms with Crippen LogP contribution in [-0.2, 0) is 11.2 Å². The minimum Gasteiger partial charge on any atom is -0.398 e. The summed E-state index contributed by atoms with van der Waals surface area (Å²) in [5.74, 6) is 0. The zero-order chi connectivity index (χ0) is 10.9. The van der Waals surface area contributed by atoms with E-state index in [1.165, 1.54) is 0 Å². The van der Waals surface area contributed by atoms with Crippen LogP contribution in [0.5, 0.6) is 0 Å². The summed E-state index contributed by atoms with van der Waals surface area (Å²) in [6.45, 7) is 1.44. The summed E-state index contributed by atoms with van der Waals surface area (Å²) in [5.41, 5.74) is 7.42. The number of hydrogen-bond donors (Lipinski definition) is 3. The molecule has 1 heterocycles. The van der Waals surface area contributed by atoms with Gasteiger partial charge in [0.25, 0.3) is 0 Å². The lowest BCUT2D eigenvalue weighted by Gasteiger charge is -2.40. The number of rotatable bonds is 3. The first-order chi connectivity index (χ1) is 7.15. The molecule has 0 aromatic heterocycles. The minimum atomic E-state index is -0.0870. The molecule has 1 saturated heterocycles. The van der Waals surface area contributed by atoms with Crippen molar-refractivity contribution in [3.63, 3.8) is 0 Å². The highest BCUT2D eigenvalue weighted by molar-refractivity contribution is 7.80. The van der Waals surface area contributed by atoms with Crippen molar-refractivity contribution in [3.05, 3.63) is 23.8 Å². The number of aliphatic hydroxyl groups excluding tert-OH is 1. The monoisotopic (exact) mass is 225 g/mol. The number of hydrogen-bond acceptors (Lipinski definition) is 4. The van der Waals surface area contributed by atoms with Gasteiger partial charge in [-0.1, -0.05) is 6.07 Å². The van der Waals surface area contributed by atoms with Crippen LogP contribution in [0.2, 0.25) is 0 Å². The third-order valence-corrected chi connectivity index (χ3v) is 3.21. The van der Waals surface area contributed by atoms with Crippen LogP contribution in [0.15, 0.2) is 23.1 Å². The van der Waals surface area contributed by atoms with Gasteiger partial charge >= 0.3 is 0 Å². The van der Waals surface area contributed by atoms with Crippen molar-refractivity contribution in [2.75, 3.05) is 25.6 Å². The maximum atomic E-state index is 9.30. The van der Waals surface area contributed by atoms with Gasteiger partial charge < -0.3 is 15.6 Å². The van der Waals surface area contributed by atoms with Crippen molar-refractivity contribution in [3.8, 4) is 0 Å². The molecule has 0 radical (unpaired) electrons. The van der Waals surface area contributed by atoms with Crippen molar-refractivity contribution in [2.24, 2.45) is 5.41 Å². The molecule has 1 fully saturated rings. The molecular weight excluding hydrogens is 210 g/mol. The topological polar surface area (TPSA) is 55.5 Å². The standard InChI is InChI=1S/C11H15NO2S/c12-9-2-1-8(3-10(9)15)4-11(5-13)6-14-7-11/h1-3,13,15H,4-7,12H2. The van der Waals surface area contributed by atoms with Gasteiger partial charge in [0.2, 0.25) is 0 Å². The lowest BCUT2D eigenvalue weighted by molar-refractivity contribution is -0.136. The predicted molar refractivity (Wildman–Crippen MR) is 62.1 cm³/mol. The summed E-state index contributed by atoms with van der Waals surface area (Å²) in [5, 5.41) is 9.30. The third kappa shape index (κ3) is 2.12. The Morgan fingerprint density at radius 3 is 2.67 bits per heavy atom. The normalized spacial score (nSPS) is 18.5. The van der Waals surface area contributed by atoms with Gasteiger partial charge in [0.15, 0.2) is 0 Å². The Balaban J connectivity index is 2.13. The van der Waals surface area contributed by atoms with Gasteiger partial charge in [-0.25, -0.2) is 0 Å². The van der Waals surface area contributed by atoms with E-state index in [-0.39, 0.29) is 12.0 Å². The summed E-state index contributed by atoms with van der Waals surface area (Å²) in [4.78, 5) is 0.792. The van der Waals surface area contributed by atoms with Crippen LogP contribution in [-0.4, -0.2) is 24.9 Å². The van der Waals surface area contributed by atoms with Crippen LogP contribution in [0.4, 0.5) is 5.69 Å². The molecule has 0 bridgehead atoms. The van der Waals surface area contributed by atoms with Gasteiger partial charge in [-0.05, 0) is 24.1 Å². The fourth-order valence-electron chi connectivity index (χ4n) is 1.77. The maximum Gasteiger partial charge on any atom is 0.0570 e. The van der Waals surface area contributed by atoms with E-state index in [2.05, 4.69) is 12.6 Å². The summed E-state index contributed by atoms with van der Waals surface area (Å²) < 4.78 is 5.15. The van der Waals surface area contributed by atoms with Crippen molar-refractivity contribution in [2.45, 2.75) is 11.3 Å². The van der Waals surface area contributed by atoms with E-state index in [0.29, 0.717) is 18.9 Å². The first-order valence-corrected chi connectivity index (χ1v) is 5.36. The molecule has 3 N–H and O–H groups in total. The van der Waals surface area contributed by atoms with Crippen LogP contribution >= 0.6 is 12.6 Å². The second kappa shape index (κ2) is 4.04. The van der Waals surface area contributed by atoms with Crippen molar-refractivity contribution < 1.29 is 9.84 Å². The zero-order valence-electron chi connectivity index (χ0n) is 8.44. The molecule has 1 aromatic rings. The third-order valence-electron chi connectivity index (χ3n) is 2.83. The van der Waals surface area contributed by atoms with E-state index in [0.717, 1.165) is 16.9 Å². The predicted octanol–water partition coefficient (Wildman–Crippen LogP) is 1.11. The van der Waals surface area contributed by atoms with Crippen LogP contribution in [0, 0.1) is 5.41 Å². The molecule has 1 aliphatic rings. The molecule has 0 unspecified atom stereocenters. The molecule has 0 spiro atoms. The Labute approximate surface area is 94.7 Å². The molecule has 82 valence electrons. The first kappa shape index (κ1) is 10.8. The quantitative estimate of drug-likeness (QED) is 0.533. The highest BCUT2D eigenvalue weighted by Gasteiger charge is 2.37. The zero-order valence-corrected chi connectivity index (χ0v) is 9.33. The van der Waals surface area contributed by atoms with E-state index in [9.17, 15) is 5.11 Å². The molecule has 3 nitrogen and oxygen atoms in total. The molecule has 2 rings (SSSR count). The lowest BCUT2D eigenvalue weighted by atomic mass is 9.80. The highest BCUT2D eigenvalue weighted by atomic mass is 32.1. The molecule has 1 aromatic carbocycles. The Morgan fingerprint density at radius 1 is 1.47 bits per heavy atom. The second-order valence-electron chi connectivity index (χ2n) is 4.22. The first-order valence-electron chi connectivity index (χ1n) is 4.91. The maximum absolute atomic E-state index is 9.30. The SMILES string of the molecule is Nc1ccc(CC2(CO)COC2)cc1S. The smallest absolute Gasteiger partial charge is 0.0570 e. The molecule has 1 aliphatic heterocycles. The van der Waals surface area contributed by atoms with Gasteiger partial charge in [0.05, 0.1) is 19.8 Å². The number of aliphatic hydroxyl groups is 1. The number of thiol groups is 1. The van der Waals surface area contributed by atoms with E-state index in [1.54, 1.807) is 0 Å². The number of benzene rings is 1. The fourth-order valence-corrected chi connectivity index (χ4v) is 2.01. The number of nitrogen functional groups attached to an aromatic ring is 1. The lowest BCUT2D eigenvalue weighted by Crippen LogP contribution is -2.47. The van der Waals surface area contributed by atoms with Crippen LogP contribution in [0.1, 0.15) is 5.56 Å². The Hall–Kier alpha value is -0.710. The van der Waals surface area contributed by atoms with Crippen LogP contribution in [0.25, 0.3) is 0 Å². The van der Waals surface area contributed by atoms with Gasteiger partial charge in [0, 0.05) is 16.0 Å². The van der Waals surface area contributed by atoms with Crippen LogP contribution < -0.4 is 5.73 Å². The summed E-state index contributed by atoms with van der Waals surface area (Å²) in [7, 11) is 0. The number of nitrogens with two attached hydrogens (primary N) is 1. The molecule has 0 aliphatic carbocycles. The van der Waals surface area contributed by atoms with E-state index in [4.69, 9.17) is 10.5 Å². The number of ether oxygens (including phenoxy) is 1. The van der Waals surface area contributed by atoms with Crippen LogP contribution in [0.3, 0.4) is 0 Å². The molecule has 4 heteroatoms. The Kier molecular flexibility index (Phi) is 2.91. The minimum absolute atomic E-state index is 0.0870.